The summed E-state index contributed by atoms with van der Waals surface area (Å²) < 4.78 is 0. The topological polar surface area (TPSA) is 48.1 Å². The van der Waals surface area contributed by atoms with E-state index in [0.717, 1.165) is 13.2 Å². The molecule has 0 bridgehead atoms. The Labute approximate surface area is 76.7 Å². The first-order chi connectivity index (χ1) is 6.41. The highest BCUT2D eigenvalue weighted by molar-refractivity contribution is 5.58. The van der Waals surface area contributed by atoms with Crippen LogP contribution in [0.15, 0.2) is 24.3 Å². The molecule has 0 aromatic heterocycles. The molecule has 1 atom stereocenters. The minimum atomic E-state index is -0.101. The number of hydrogen-bond donors (Lipinski definition) is 4. The Morgan fingerprint density at radius 3 is 3.00 bits per heavy atom. The first-order valence-electron chi connectivity index (χ1n) is 4.49. The summed E-state index contributed by atoms with van der Waals surface area (Å²) in [7, 11) is 0. The molecular weight excluding hydrogens is 164 g/mol. The van der Waals surface area contributed by atoms with Crippen molar-refractivity contribution >= 4 is 5.69 Å². The summed E-state index contributed by atoms with van der Waals surface area (Å²) in [4.78, 5) is 0. The van der Waals surface area contributed by atoms with Crippen molar-refractivity contribution in [3.63, 3.8) is 0 Å². The number of anilines is 1. The van der Waals surface area contributed by atoms with Crippen LogP contribution in [-0.4, -0.2) is 13.2 Å². The maximum atomic E-state index is 3.40. The lowest BCUT2D eigenvalue weighted by Crippen LogP contribution is -2.50. The molecule has 0 radical (unpaired) electrons. The zero-order valence-corrected chi connectivity index (χ0v) is 7.22. The van der Waals surface area contributed by atoms with Gasteiger partial charge in [0.05, 0.1) is 5.69 Å². The summed E-state index contributed by atoms with van der Waals surface area (Å²) in [5.41, 5.74) is 8.81. The second-order valence-corrected chi connectivity index (χ2v) is 3.48. The lowest BCUT2D eigenvalue weighted by molar-refractivity contribution is 0.371. The van der Waals surface area contributed by atoms with E-state index in [-0.39, 0.29) is 5.66 Å². The van der Waals surface area contributed by atoms with Crippen LogP contribution < -0.4 is 21.5 Å². The Kier molecular flexibility index (Phi) is 1.38. The van der Waals surface area contributed by atoms with Crippen LogP contribution in [0.3, 0.4) is 0 Å². The molecule has 68 valence electrons. The van der Waals surface area contributed by atoms with Crippen molar-refractivity contribution in [2.75, 3.05) is 18.6 Å². The van der Waals surface area contributed by atoms with Crippen LogP contribution in [0.2, 0.25) is 0 Å². The maximum Gasteiger partial charge on any atom is 0.128 e. The molecule has 2 heterocycles. The summed E-state index contributed by atoms with van der Waals surface area (Å²) in [5, 5.41) is 6.69. The highest BCUT2D eigenvalue weighted by atomic mass is 15.5. The molecule has 1 spiro atoms. The van der Waals surface area contributed by atoms with Crippen molar-refractivity contribution < 1.29 is 0 Å². The van der Waals surface area contributed by atoms with E-state index in [2.05, 4.69) is 39.7 Å². The van der Waals surface area contributed by atoms with E-state index in [4.69, 9.17) is 0 Å². The highest BCUT2D eigenvalue weighted by Crippen LogP contribution is 2.31. The molecule has 0 amide bonds. The van der Waals surface area contributed by atoms with E-state index in [1.165, 1.54) is 11.3 Å². The molecule has 2 aliphatic rings. The minimum absolute atomic E-state index is 0.101. The number of para-hydroxylation sites is 1. The quantitative estimate of drug-likeness (QED) is 0.446. The Balaban J connectivity index is 2.11. The molecule has 1 aromatic rings. The van der Waals surface area contributed by atoms with E-state index >= 15 is 0 Å². The first kappa shape index (κ1) is 7.32. The summed E-state index contributed by atoms with van der Waals surface area (Å²) in [6.07, 6.45) is 0. The normalized spacial score (nSPS) is 30.5. The summed E-state index contributed by atoms with van der Waals surface area (Å²) >= 11 is 0. The van der Waals surface area contributed by atoms with Gasteiger partial charge in [-0.1, -0.05) is 18.2 Å². The van der Waals surface area contributed by atoms with Gasteiger partial charge in [0.15, 0.2) is 0 Å². The smallest absolute Gasteiger partial charge is 0.128 e. The molecule has 13 heavy (non-hydrogen) atoms. The lowest BCUT2D eigenvalue weighted by atomic mass is 10.0. The van der Waals surface area contributed by atoms with Crippen molar-refractivity contribution in [1.82, 2.24) is 16.1 Å². The fraction of sp³-hybridized carbons (Fsp3) is 0.333. The highest BCUT2D eigenvalue weighted by Gasteiger charge is 2.40. The third-order valence-corrected chi connectivity index (χ3v) is 2.70. The largest absolute Gasteiger partial charge is 0.319 e. The number of rotatable bonds is 0. The van der Waals surface area contributed by atoms with E-state index in [9.17, 15) is 0 Å². The number of benzene rings is 1. The average Bonchev–Trinajstić information content (AvgIpc) is 2.78. The Hall–Kier alpha value is -1.10. The third-order valence-electron chi connectivity index (χ3n) is 2.70. The van der Waals surface area contributed by atoms with Gasteiger partial charge in [0.2, 0.25) is 0 Å². The fourth-order valence-corrected chi connectivity index (χ4v) is 2.01. The molecule has 1 saturated heterocycles. The van der Waals surface area contributed by atoms with Gasteiger partial charge in [0.25, 0.3) is 0 Å². The predicted octanol–water partition coefficient (Wildman–Crippen LogP) is -0.0802. The van der Waals surface area contributed by atoms with E-state index in [0.29, 0.717) is 0 Å². The van der Waals surface area contributed by atoms with Gasteiger partial charge in [-0.15, -0.1) is 0 Å². The van der Waals surface area contributed by atoms with Gasteiger partial charge in [-0.05, 0) is 6.07 Å². The van der Waals surface area contributed by atoms with Crippen molar-refractivity contribution in [3.05, 3.63) is 29.8 Å². The van der Waals surface area contributed by atoms with Crippen molar-refractivity contribution in [3.8, 4) is 0 Å². The van der Waals surface area contributed by atoms with Crippen LogP contribution in [-0.2, 0) is 5.66 Å². The van der Waals surface area contributed by atoms with Gasteiger partial charge < -0.3 is 10.7 Å². The number of fused-ring (bicyclic) bond motifs is 2. The van der Waals surface area contributed by atoms with Crippen molar-refractivity contribution in [2.24, 2.45) is 0 Å². The molecule has 2 aliphatic heterocycles. The monoisotopic (exact) mass is 176 g/mol. The summed E-state index contributed by atoms with van der Waals surface area (Å²) in [6, 6.07) is 8.32. The molecule has 1 aromatic carbocycles. The Morgan fingerprint density at radius 2 is 2.15 bits per heavy atom. The molecule has 4 N–H and O–H groups in total. The van der Waals surface area contributed by atoms with Crippen LogP contribution in [0, 0.1) is 0 Å². The molecule has 1 fully saturated rings. The van der Waals surface area contributed by atoms with Gasteiger partial charge >= 0.3 is 0 Å². The van der Waals surface area contributed by atoms with Crippen LogP contribution in [0.5, 0.6) is 0 Å². The van der Waals surface area contributed by atoms with Gasteiger partial charge in [0, 0.05) is 18.8 Å². The zero-order valence-electron chi connectivity index (χ0n) is 7.22. The van der Waals surface area contributed by atoms with Gasteiger partial charge in [-0.2, -0.15) is 0 Å². The van der Waals surface area contributed by atoms with Crippen LogP contribution in [0.4, 0.5) is 5.69 Å². The number of hydrogen-bond acceptors (Lipinski definition) is 4. The van der Waals surface area contributed by atoms with Crippen molar-refractivity contribution in [1.29, 1.82) is 0 Å². The van der Waals surface area contributed by atoms with E-state index in [1.807, 2.05) is 6.07 Å². The molecule has 3 rings (SSSR count). The molecule has 0 saturated carbocycles. The summed E-state index contributed by atoms with van der Waals surface area (Å²) in [5.74, 6) is 0. The Bertz CT molecular complexity index is 330. The van der Waals surface area contributed by atoms with Gasteiger partial charge in [-0.25, -0.2) is 5.43 Å². The lowest BCUT2D eigenvalue weighted by Gasteiger charge is -2.22. The van der Waals surface area contributed by atoms with Gasteiger partial charge in [0.1, 0.15) is 5.66 Å². The SMILES string of the molecule is c1ccc2c(c1)NNC21CNCN1. The average molecular weight is 176 g/mol. The van der Waals surface area contributed by atoms with Gasteiger partial charge in [-0.3, -0.25) is 5.32 Å². The minimum Gasteiger partial charge on any atom is -0.319 e. The van der Waals surface area contributed by atoms with E-state index in [1.54, 1.807) is 0 Å². The molecule has 4 heteroatoms. The summed E-state index contributed by atoms with van der Waals surface area (Å²) in [6.45, 7) is 1.76. The number of hydrazine groups is 1. The fourth-order valence-electron chi connectivity index (χ4n) is 2.01. The maximum absolute atomic E-state index is 3.40. The molecular formula is C9H12N4. The van der Waals surface area contributed by atoms with Crippen molar-refractivity contribution in [2.45, 2.75) is 5.66 Å². The predicted molar refractivity (Wildman–Crippen MR) is 50.9 cm³/mol. The van der Waals surface area contributed by atoms with E-state index < -0.39 is 0 Å². The number of nitrogens with one attached hydrogen (secondary N) is 4. The second kappa shape index (κ2) is 2.45. The zero-order chi connectivity index (χ0) is 8.73. The van der Waals surface area contributed by atoms with Crippen LogP contribution >= 0.6 is 0 Å². The van der Waals surface area contributed by atoms with Crippen LogP contribution in [0.1, 0.15) is 5.56 Å². The second-order valence-electron chi connectivity index (χ2n) is 3.48. The molecule has 1 unspecified atom stereocenters. The van der Waals surface area contributed by atoms with Crippen LogP contribution in [0.25, 0.3) is 0 Å². The molecule has 4 nitrogen and oxygen atoms in total. The standard InChI is InChI=1S/C9H12N4/c1-2-4-8-7(3-1)9(13-12-8)5-10-6-11-9/h1-4,10-13H,5-6H2. The first-order valence-corrected chi connectivity index (χ1v) is 4.49. The Morgan fingerprint density at radius 1 is 1.23 bits per heavy atom. The molecule has 0 aliphatic carbocycles. The third kappa shape index (κ3) is 0.904.